The second-order valence-corrected chi connectivity index (χ2v) is 22.3. The summed E-state index contributed by atoms with van der Waals surface area (Å²) in [7, 11) is 4.56. The third kappa shape index (κ3) is 14.1. The Hall–Kier alpha value is -3.87. The summed E-state index contributed by atoms with van der Waals surface area (Å²) in [6.45, 7) is 12.9. The monoisotopic (exact) mass is 1020 g/mol. The summed E-state index contributed by atoms with van der Waals surface area (Å²) < 4.78 is 29.9. The number of hydroxylamine groups is 1. The summed E-state index contributed by atoms with van der Waals surface area (Å²) in [4.78, 5) is 79.9. The molecule has 73 heavy (non-hydrogen) atoms. The third-order valence-electron chi connectivity index (χ3n) is 16.9. The van der Waals surface area contributed by atoms with Gasteiger partial charge >= 0.3 is 5.97 Å². The number of anilines is 1. The molecule has 0 aromatic heterocycles. The minimum Gasteiger partial charge on any atom is -0.460 e. The first-order chi connectivity index (χ1) is 34.7. The summed E-state index contributed by atoms with van der Waals surface area (Å²) in [5.74, 6) is -8.21. The predicted octanol–water partition coefficient (Wildman–Crippen LogP) is 7.04. The van der Waals surface area contributed by atoms with Crippen molar-refractivity contribution in [3.63, 3.8) is 0 Å². The van der Waals surface area contributed by atoms with E-state index in [9.17, 15) is 39.3 Å². The van der Waals surface area contributed by atoms with Crippen LogP contribution in [-0.2, 0) is 52.5 Å². The molecule has 7 rings (SSSR count). The standard InChI is InChI=1S/C57H86N2O14/c1-33-26-37(5)51(62)53(70-10)52(63)38(6)27-34(2)47(61)32-49(35(3)28-40-20-24-46(60)50(30-40)69-9)71-56(66)45-18-14-15-25-58(45)55(65)54(64)57(67)39(7)19-21-42(72-57)31-48(68-8)36(4)29-43-22-23-44(33)59(73-43)41-16-12-11-13-17-41/h11-13,16-17,27,29,33-35,37,39-40,42-46,48-50,52-53,60,63,67H,14-15,18-26,28,30-32H2,1-10H3/b36-29+,38-27+/t33-,34+,35+,37+,39+,40-,42-,43+,44-,45-,46+,48-,49-,50+,52+,53-,57+/m0/s1. The minimum absolute atomic E-state index is 0.0349. The Morgan fingerprint density at radius 3 is 2.22 bits per heavy atom. The topological polar surface area (TPSA) is 208 Å². The van der Waals surface area contributed by atoms with Gasteiger partial charge in [-0.1, -0.05) is 65.0 Å². The number of amides is 1. The number of benzene rings is 1. The van der Waals surface area contributed by atoms with Gasteiger partial charge in [0.2, 0.25) is 5.79 Å². The number of fused-ring (bicyclic) bond motifs is 17. The first-order valence-corrected chi connectivity index (χ1v) is 27.1. The number of methoxy groups -OCH3 is 3. The largest absolute Gasteiger partial charge is 0.460 e. The van der Waals surface area contributed by atoms with Gasteiger partial charge in [-0.25, -0.2) is 4.79 Å². The molecular weight excluding hydrogens is 937 g/mol. The molecule has 4 bridgehead atoms. The van der Waals surface area contributed by atoms with E-state index < -0.39 is 83.9 Å². The number of Topliss-reactive ketones (excluding diaryl/α,β-unsaturated/α-hetero) is 3. The molecular formula is C57H86N2O14. The summed E-state index contributed by atoms with van der Waals surface area (Å²) in [6, 6.07) is 8.56. The molecule has 0 spiro atoms. The van der Waals surface area contributed by atoms with Crippen LogP contribution in [0.5, 0.6) is 0 Å². The molecule has 1 amide bonds. The van der Waals surface area contributed by atoms with Crippen LogP contribution in [0.4, 0.5) is 5.69 Å². The Morgan fingerprint density at radius 2 is 1.53 bits per heavy atom. The molecule has 3 N–H and O–H groups in total. The van der Waals surface area contributed by atoms with Crippen LogP contribution in [0.3, 0.4) is 0 Å². The molecule has 5 heterocycles. The van der Waals surface area contributed by atoms with Gasteiger partial charge in [0.05, 0.1) is 36.1 Å². The second-order valence-electron chi connectivity index (χ2n) is 22.3. The van der Waals surface area contributed by atoms with Crippen molar-refractivity contribution in [2.45, 2.75) is 205 Å². The molecule has 0 radical (unpaired) electrons. The lowest BCUT2D eigenvalue weighted by molar-refractivity contribution is -0.265. The zero-order valence-corrected chi connectivity index (χ0v) is 45.1. The molecule has 16 heteroatoms. The molecule has 6 aliphatic rings. The molecule has 0 unspecified atom stereocenters. The zero-order chi connectivity index (χ0) is 53.3. The Kier molecular flexibility index (Phi) is 21.0. The molecule has 1 aromatic rings. The van der Waals surface area contributed by atoms with Crippen molar-refractivity contribution in [3.05, 3.63) is 53.6 Å². The molecule has 16 nitrogen and oxygen atoms in total. The van der Waals surface area contributed by atoms with Gasteiger partial charge in [-0.05, 0) is 132 Å². The van der Waals surface area contributed by atoms with Crippen molar-refractivity contribution in [1.29, 1.82) is 0 Å². The molecule has 5 aliphatic heterocycles. The van der Waals surface area contributed by atoms with Gasteiger partial charge in [0, 0.05) is 58.5 Å². The summed E-state index contributed by atoms with van der Waals surface area (Å²) in [5, 5.41) is 36.3. The van der Waals surface area contributed by atoms with E-state index in [1.54, 1.807) is 41.1 Å². The third-order valence-corrected chi connectivity index (χ3v) is 16.9. The maximum Gasteiger partial charge on any atom is 0.329 e. The molecule has 1 aromatic carbocycles. The number of hydrogen-bond donors (Lipinski definition) is 3. The van der Waals surface area contributed by atoms with Crippen molar-refractivity contribution in [2.75, 3.05) is 32.9 Å². The summed E-state index contributed by atoms with van der Waals surface area (Å²) in [6.07, 6.45) is 4.36. The smallest absolute Gasteiger partial charge is 0.329 e. The quantitative estimate of drug-likeness (QED) is 0.142. The highest BCUT2D eigenvalue weighted by molar-refractivity contribution is 6.39. The van der Waals surface area contributed by atoms with Gasteiger partial charge in [0.25, 0.3) is 11.7 Å². The Bertz CT molecular complexity index is 2100. The Balaban J connectivity index is 1.34. The first kappa shape index (κ1) is 58.4. The van der Waals surface area contributed by atoms with Crippen LogP contribution >= 0.6 is 0 Å². The molecule has 17 atom stereocenters. The lowest BCUT2D eigenvalue weighted by Crippen LogP contribution is -2.61. The number of aliphatic hydroxyl groups is 3. The van der Waals surface area contributed by atoms with Gasteiger partial charge in [0.1, 0.15) is 36.2 Å². The number of aliphatic hydroxyl groups excluding tert-OH is 2. The Labute approximate surface area is 433 Å². The number of hydrogen-bond acceptors (Lipinski definition) is 15. The number of rotatable bonds is 7. The van der Waals surface area contributed by atoms with Crippen LogP contribution in [0.15, 0.2) is 53.6 Å². The number of esters is 1. The summed E-state index contributed by atoms with van der Waals surface area (Å²) >= 11 is 0. The highest BCUT2D eigenvalue weighted by Crippen LogP contribution is 2.39. The number of para-hydroxylation sites is 1. The van der Waals surface area contributed by atoms with Crippen molar-refractivity contribution in [2.24, 2.45) is 35.5 Å². The van der Waals surface area contributed by atoms with E-state index in [1.165, 1.54) is 12.0 Å². The van der Waals surface area contributed by atoms with Crippen molar-refractivity contribution >= 4 is 34.9 Å². The number of ether oxygens (including phenoxy) is 5. The number of carbonyl (C=O) groups is 5. The van der Waals surface area contributed by atoms with Crippen LogP contribution < -0.4 is 5.06 Å². The number of piperidine rings is 1. The fourth-order valence-electron chi connectivity index (χ4n) is 12.1. The van der Waals surface area contributed by atoms with E-state index >= 15 is 0 Å². The van der Waals surface area contributed by atoms with E-state index in [-0.39, 0.29) is 73.4 Å². The van der Waals surface area contributed by atoms with Gasteiger partial charge in [-0.3, -0.25) is 29.1 Å². The van der Waals surface area contributed by atoms with E-state index in [0.29, 0.717) is 69.8 Å². The van der Waals surface area contributed by atoms with Gasteiger partial charge in [-0.2, -0.15) is 0 Å². The van der Waals surface area contributed by atoms with E-state index in [0.717, 1.165) is 17.7 Å². The first-order valence-electron chi connectivity index (χ1n) is 27.1. The van der Waals surface area contributed by atoms with Crippen LogP contribution in [0.1, 0.15) is 138 Å². The van der Waals surface area contributed by atoms with Crippen molar-refractivity contribution < 1.29 is 67.8 Å². The van der Waals surface area contributed by atoms with Crippen molar-refractivity contribution in [3.8, 4) is 0 Å². The number of carbonyl (C=O) groups excluding carboxylic acids is 5. The van der Waals surface area contributed by atoms with Gasteiger partial charge in [0.15, 0.2) is 5.78 Å². The normalized spacial score (nSPS) is 39.5. The lowest BCUT2D eigenvalue weighted by atomic mass is 9.78. The Morgan fingerprint density at radius 1 is 0.808 bits per heavy atom. The van der Waals surface area contributed by atoms with E-state index in [1.807, 2.05) is 62.2 Å². The highest BCUT2D eigenvalue weighted by atomic mass is 16.7. The molecule has 4 fully saturated rings. The van der Waals surface area contributed by atoms with Crippen LogP contribution in [-0.4, -0.2) is 144 Å². The second kappa shape index (κ2) is 26.3. The predicted molar refractivity (Wildman–Crippen MR) is 274 cm³/mol. The van der Waals surface area contributed by atoms with Gasteiger partial charge < -0.3 is 43.9 Å². The van der Waals surface area contributed by atoms with Crippen molar-refractivity contribution in [1.82, 2.24) is 4.90 Å². The van der Waals surface area contributed by atoms with Crippen LogP contribution in [0, 0.1) is 35.5 Å². The molecule has 1 aliphatic carbocycles. The van der Waals surface area contributed by atoms with E-state index in [2.05, 4.69) is 6.92 Å². The average molecular weight is 1020 g/mol. The highest BCUT2D eigenvalue weighted by Gasteiger charge is 2.53. The number of ketones is 3. The van der Waals surface area contributed by atoms with E-state index in [4.69, 9.17) is 28.5 Å². The fraction of sp³-hybridized carbons (Fsp3) is 0.737. The average Bonchev–Trinajstić information content (AvgIpc) is 3.38. The minimum atomic E-state index is -2.46. The molecule has 1 saturated carbocycles. The molecule has 408 valence electrons. The maximum absolute atomic E-state index is 14.5. The van der Waals surface area contributed by atoms with Crippen LogP contribution in [0.2, 0.25) is 0 Å². The number of nitrogens with zero attached hydrogens (tertiary/aromatic N) is 2. The number of allylic oxidation sites excluding steroid dienone is 1. The summed E-state index contributed by atoms with van der Waals surface area (Å²) in [5.41, 5.74) is 2.11. The zero-order valence-electron chi connectivity index (χ0n) is 45.1. The lowest BCUT2D eigenvalue weighted by Gasteiger charge is -2.43. The molecule has 3 saturated heterocycles. The van der Waals surface area contributed by atoms with Crippen LogP contribution in [0.25, 0.3) is 0 Å². The SMILES string of the molecule is CO[C@H]1C[C@@H]2CC[C@@H](C)[C@@](O)(O2)C(=O)C(=O)N2CCCC[C@H]2C(=O)O[C@H]([C@H](C)C[C@@H]2CC[C@@H](O)[C@H](OC)C2)CC(=O)[C@H](C)/C=C(\C)[C@@H](O)[C@@H](OC)C(=O)[C@H](C)C[C@H](C)[C@@H]2CC[C@H](/C=C/1C)ON2c1ccccc1. The van der Waals surface area contributed by atoms with Gasteiger partial charge in [-0.15, -0.1) is 0 Å². The maximum atomic E-state index is 14.5. The fourth-order valence-corrected chi connectivity index (χ4v) is 12.1.